The fourth-order valence-corrected chi connectivity index (χ4v) is 5.86. The Morgan fingerprint density at radius 2 is 1.96 bits per heavy atom. The number of rotatable bonds is 5. The maximum Gasteiger partial charge on any atom is 0.228 e. The molecule has 1 N–H and O–H groups in total. The number of benzene rings is 1. The van der Waals surface area contributed by atoms with Crippen molar-refractivity contribution in [1.82, 2.24) is 14.8 Å². The van der Waals surface area contributed by atoms with E-state index in [1.165, 1.54) is 0 Å². The molecular formula is C19H25N3O4S. The first-order chi connectivity index (χ1) is 13.0. The Hall–Kier alpha value is -1.93. The van der Waals surface area contributed by atoms with Crippen LogP contribution < -0.4 is 4.72 Å². The van der Waals surface area contributed by atoms with Gasteiger partial charge in [-0.2, -0.15) is 0 Å². The number of nitrogens with one attached hydrogen (secondary N) is 1. The van der Waals surface area contributed by atoms with E-state index in [1.54, 1.807) is 4.90 Å². The van der Waals surface area contributed by atoms with Crippen molar-refractivity contribution in [3.05, 3.63) is 30.0 Å². The van der Waals surface area contributed by atoms with Crippen LogP contribution in [0.2, 0.25) is 0 Å². The summed E-state index contributed by atoms with van der Waals surface area (Å²) in [4.78, 5) is 14.4. The highest BCUT2D eigenvalue weighted by molar-refractivity contribution is 7.90. The minimum atomic E-state index is -3.41. The monoisotopic (exact) mass is 391 g/mol. The number of piperidine rings is 1. The highest BCUT2D eigenvalue weighted by Crippen LogP contribution is 2.23. The van der Waals surface area contributed by atoms with Crippen LogP contribution in [-0.4, -0.2) is 48.8 Å². The van der Waals surface area contributed by atoms with Gasteiger partial charge in [0.1, 0.15) is 5.69 Å². The number of sulfonamides is 1. The summed E-state index contributed by atoms with van der Waals surface area (Å²) in [6.07, 6.45) is 5.39. The van der Waals surface area contributed by atoms with Gasteiger partial charge in [-0.25, -0.2) is 13.1 Å². The number of hydrogen-bond donors (Lipinski definition) is 1. The molecule has 1 saturated carbocycles. The third kappa shape index (κ3) is 4.01. The van der Waals surface area contributed by atoms with E-state index in [-0.39, 0.29) is 24.9 Å². The Morgan fingerprint density at radius 1 is 1.19 bits per heavy atom. The van der Waals surface area contributed by atoms with Crippen molar-refractivity contribution in [2.45, 2.75) is 56.2 Å². The quantitative estimate of drug-likeness (QED) is 0.844. The Labute approximate surface area is 159 Å². The minimum absolute atomic E-state index is 0.0579. The van der Waals surface area contributed by atoms with Gasteiger partial charge in [0.05, 0.1) is 11.7 Å². The van der Waals surface area contributed by atoms with Gasteiger partial charge >= 0.3 is 0 Å². The molecule has 1 aliphatic carbocycles. The Morgan fingerprint density at radius 3 is 2.78 bits per heavy atom. The maximum absolute atomic E-state index is 12.8. The normalized spacial score (nSPS) is 21.8. The molecule has 1 aliphatic heterocycles. The molecule has 0 unspecified atom stereocenters. The van der Waals surface area contributed by atoms with Gasteiger partial charge in [-0.1, -0.05) is 30.1 Å². The van der Waals surface area contributed by atoms with Crippen LogP contribution in [0, 0.1) is 0 Å². The summed E-state index contributed by atoms with van der Waals surface area (Å²) in [6.45, 7) is 0.834. The Balaban J connectivity index is 1.42. The summed E-state index contributed by atoms with van der Waals surface area (Å²) in [5.41, 5.74) is 1.25. The fraction of sp³-hybridized carbons (Fsp3) is 0.579. The molecule has 0 spiro atoms. The summed E-state index contributed by atoms with van der Waals surface area (Å²) in [6, 6.07) is 7.49. The topological polar surface area (TPSA) is 92.5 Å². The lowest BCUT2D eigenvalue weighted by molar-refractivity contribution is -0.131. The van der Waals surface area contributed by atoms with Crippen molar-refractivity contribution in [3.63, 3.8) is 0 Å². The molecule has 7 nitrogen and oxygen atoms in total. The molecule has 1 saturated heterocycles. The average molecular weight is 391 g/mol. The predicted molar refractivity (Wildman–Crippen MR) is 102 cm³/mol. The molecule has 146 valence electrons. The largest absolute Gasteiger partial charge is 0.356 e. The number of nitrogens with zero attached hydrogens (tertiary/aromatic N) is 2. The highest BCUT2D eigenvalue weighted by Gasteiger charge is 2.34. The zero-order chi connectivity index (χ0) is 18.9. The Bertz CT molecular complexity index is 918. The van der Waals surface area contributed by atoms with Crippen molar-refractivity contribution < 1.29 is 17.7 Å². The van der Waals surface area contributed by atoms with Gasteiger partial charge in [-0.15, -0.1) is 0 Å². The second kappa shape index (κ2) is 7.59. The van der Waals surface area contributed by atoms with Crippen LogP contribution in [0.3, 0.4) is 0 Å². The lowest BCUT2D eigenvalue weighted by Crippen LogP contribution is -2.50. The van der Waals surface area contributed by atoms with E-state index in [9.17, 15) is 13.2 Å². The van der Waals surface area contributed by atoms with Crippen molar-refractivity contribution >= 4 is 26.9 Å². The van der Waals surface area contributed by atoms with E-state index in [0.29, 0.717) is 30.7 Å². The van der Waals surface area contributed by atoms with Gasteiger partial charge in [-0.3, -0.25) is 4.79 Å². The second-order valence-electron chi connectivity index (χ2n) is 7.55. The van der Waals surface area contributed by atoms with Gasteiger partial charge in [0.25, 0.3) is 0 Å². The molecule has 1 amide bonds. The predicted octanol–water partition coefficient (Wildman–Crippen LogP) is 2.22. The van der Waals surface area contributed by atoms with E-state index in [1.807, 2.05) is 24.3 Å². The highest BCUT2D eigenvalue weighted by atomic mass is 32.2. The number of likely N-dealkylation sites (tertiary alicyclic amines) is 1. The first kappa shape index (κ1) is 18.4. The molecule has 2 aliphatic rings. The van der Waals surface area contributed by atoms with Crippen LogP contribution in [-0.2, 0) is 21.2 Å². The third-order valence-electron chi connectivity index (χ3n) is 5.63. The summed E-state index contributed by atoms with van der Waals surface area (Å²) in [5.74, 6) is -0.102. The second-order valence-corrected chi connectivity index (χ2v) is 9.54. The van der Waals surface area contributed by atoms with Crippen molar-refractivity contribution in [1.29, 1.82) is 0 Å². The Kier molecular flexibility index (Phi) is 5.19. The molecule has 1 aromatic heterocycles. The van der Waals surface area contributed by atoms with E-state index in [0.717, 1.165) is 31.1 Å². The van der Waals surface area contributed by atoms with Gasteiger partial charge < -0.3 is 9.42 Å². The molecule has 0 bridgehead atoms. The number of hydrogen-bond acceptors (Lipinski definition) is 5. The molecule has 1 atom stereocenters. The van der Waals surface area contributed by atoms with E-state index >= 15 is 0 Å². The smallest absolute Gasteiger partial charge is 0.228 e. The summed E-state index contributed by atoms with van der Waals surface area (Å²) in [7, 11) is -3.41. The van der Waals surface area contributed by atoms with Crippen LogP contribution in [0.5, 0.6) is 0 Å². The van der Waals surface area contributed by atoms with Crippen LogP contribution >= 0.6 is 0 Å². The van der Waals surface area contributed by atoms with Gasteiger partial charge in [-0.05, 0) is 37.8 Å². The summed E-state index contributed by atoms with van der Waals surface area (Å²) < 4.78 is 33.6. The summed E-state index contributed by atoms with van der Waals surface area (Å²) >= 11 is 0. The first-order valence-corrected chi connectivity index (χ1v) is 11.2. The molecule has 27 heavy (non-hydrogen) atoms. The maximum atomic E-state index is 12.8. The zero-order valence-corrected chi connectivity index (χ0v) is 16.1. The molecule has 2 fully saturated rings. The van der Waals surface area contributed by atoms with E-state index in [4.69, 9.17) is 4.52 Å². The number of amides is 1. The number of carbonyl (C=O) groups is 1. The van der Waals surface area contributed by atoms with E-state index in [2.05, 4.69) is 9.88 Å². The minimum Gasteiger partial charge on any atom is -0.356 e. The molecule has 2 heterocycles. The molecule has 2 aromatic rings. The SMILES string of the molecule is O=C(Cc1noc2ccccc12)N1CCC[C@@H](S(=O)(=O)NC2CCCC2)C1. The van der Waals surface area contributed by atoms with Crippen molar-refractivity contribution in [2.24, 2.45) is 0 Å². The first-order valence-electron chi connectivity index (χ1n) is 9.65. The van der Waals surface area contributed by atoms with Gasteiger partial charge in [0.2, 0.25) is 15.9 Å². The number of carbonyl (C=O) groups excluding carboxylic acids is 1. The summed E-state index contributed by atoms with van der Waals surface area (Å²) in [5, 5.41) is 4.30. The average Bonchev–Trinajstić information content (AvgIpc) is 3.32. The molecule has 4 rings (SSSR count). The van der Waals surface area contributed by atoms with Crippen LogP contribution in [0.25, 0.3) is 11.0 Å². The van der Waals surface area contributed by atoms with Crippen molar-refractivity contribution in [3.8, 4) is 0 Å². The fourth-order valence-electron chi connectivity index (χ4n) is 4.11. The van der Waals surface area contributed by atoms with E-state index < -0.39 is 15.3 Å². The van der Waals surface area contributed by atoms with Crippen LogP contribution in [0.15, 0.2) is 28.8 Å². The zero-order valence-electron chi connectivity index (χ0n) is 15.3. The molecular weight excluding hydrogens is 366 g/mol. The van der Waals surface area contributed by atoms with Crippen molar-refractivity contribution in [2.75, 3.05) is 13.1 Å². The van der Waals surface area contributed by atoms with Gasteiger partial charge in [0.15, 0.2) is 5.58 Å². The molecule has 0 radical (unpaired) electrons. The molecule has 1 aromatic carbocycles. The third-order valence-corrected chi connectivity index (χ3v) is 7.55. The molecule has 8 heteroatoms. The number of para-hydroxylation sites is 1. The lowest BCUT2D eigenvalue weighted by atomic mass is 10.1. The van der Waals surface area contributed by atoms with Gasteiger partial charge in [0, 0.05) is 24.5 Å². The number of aromatic nitrogens is 1. The van der Waals surface area contributed by atoms with Crippen LogP contribution in [0.1, 0.15) is 44.2 Å². The standard InChI is InChI=1S/C19H25N3O4S/c23-19(12-17-16-9-3-4-10-18(16)26-20-17)22-11-5-8-15(13-22)27(24,25)21-14-6-1-2-7-14/h3-4,9-10,14-15,21H,1-2,5-8,11-13H2/t15-/m1/s1. The van der Waals surface area contributed by atoms with Crippen LogP contribution in [0.4, 0.5) is 0 Å². The number of fused-ring (bicyclic) bond motifs is 1. The lowest BCUT2D eigenvalue weighted by Gasteiger charge is -2.33.